The van der Waals surface area contributed by atoms with Gasteiger partial charge in [0.1, 0.15) is 22.5 Å². The third-order valence-corrected chi connectivity index (χ3v) is 7.73. The SMILES string of the molecule is N#Cc1nn(-c2c(Cl)cc(S(F)(F)(F)(F)F)cc2Cl)c(NCC2(C#N)CC2)c1C1(C(N)=O)CC1. The Bertz CT molecular complexity index is 1310. The first-order chi connectivity index (χ1) is 15.5. The minimum absolute atomic E-state index is 0.0279. The number of amides is 1. The summed E-state index contributed by atoms with van der Waals surface area (Å²) in [7, 11) is -10.1. The molecule has 1 aromatic heterocycles. The van der Waals surface area contributed by atoms with E-state index < -0.39 is 47.6 Å². The zero-order valence-corrected chi connectivity index (χ0v) is 19.3. The summed E-state index contributed by atoms with van der Waals surface area (Å²) in [5.41, 5.74) is 2.97. The summed E-state index contributed by atoms with van der Waals surface area (Å²) in [6.45, 7) is 0.0562. The van der Waals surface area contributed by atoms with Gasteiger partial charge in [0.25, 0.3) is 0 Å². The number of primary amides is 1. The van der Waals surface area contributed by atoms with E-state index in [1.54, 1.807) is 0 Å². The van der Waals surface area contributed by atoms with Crippen LogP contribution < -0.4 is 11.1 Å². The third kappa shape index (κ3) is 4.02. The van der Waals surface area contributed by atoms with Gasteiger partial charge in [0.2, 0.25) is 5.91 Å². The zero-order chi connectivity index (χ0) is 25.4. The minimum atomic E-state index is -10.1. The van der Waals surface area contributed by atoms with Gasteiger partial charge >= 0.3 is 10.2 Å². The van der Waals surface area contributed by atoms with E-state index in [4.69, 9.17) is 28.9 Å². The second kappa shape index (κ2) is 6.68. The van der Waals surface area contributed by atoms with E-state index >= 15 is 0 Å². The van der Waals surface area contributed by atoms with E-state index in [0.29, 0.717) is 12.8 Å². The number of hydrogen-bond acceptors (Lipinski definition) is 5. The highest BCUT2D eigenvalue weighted by Crippen LogP contribution is 3.02. The molecule has 2 aromatic rings. The number of aromatic nitrogens is 2. The Morgan fingerprint density at radius 1 is 1.15 bits per heavy atom. The van der Waals surface area contributed by atoms with Crippen LogP contribution in [0.15, 0.2) is 17.0 Å². The predicted molar refractivity (Wildman–Crippen MR) is 116 cm³/mol. The van der Waals surface area contributed by atoms with Crippen LogP contribution in [0.4, 0.5) is 25.2 Å². The molecule has 0 saturated heterocycles. The van der Waals surface area contributed by atoms with Crippen LogP contribution in [-0.4, -0.2) is 22.2 Å². The van der Waals surface area contributed by atoms with E-state index in [1.165, 1.54) is 0 Å². The van der Waals surface area contributed by atoms with Crippen molar-refractivity contribution in [3.63, 3.8) is 0 Å². The lowest BCUT2D eigenvalue weighted by atomic mass is 9.94. The van der Waals surface area contributed by atoms with E-state index in [9.17, 15) is 34.7 Å². The maximum Gasteiger partial charge on any atom is 0.310 e. The van der Waals surface area contributed by atoms with Crippen LogP contribution in [0.25, 0.3) is 5.69 Å². The van der Waals surface area contributed by atoms with Gasteiger partial charge in [-0.05, 0) is 37.8 Å². The van der Waals surface area contributed by atoms with E-state index in [2.05, 4.69) is 16.5 Å². The molecule has 0 atom stereocenters. The number of carbonyl (C=O) groups is 1. The molecule has 4 rings (SSSR count). The number of halogens is 7. The van der Waals surface area contributed by atoms with Crippen LogP contribution in [0, 0.1) is 28.1 Å². The molecule has 182 valence electrons. The summed E-state index contributed by atoms with van der Waals surface area (Å²) in [5.74, 6) is -0.778. The molecule has 2 saturated carbocycles. The van der Waals surface area contributed by atoms with Crippen molar-refractivity contribution >= 4 is 45.2 Å². The van der Waals surface area contributed by atoms with Crippen molar-refractivity contribution < 1.29 is 24.2 Å². The van der Waals surface area contributed by atoms with Crippen molar-refractivity contribution in [2.75, 3.05) is 11.9 Å². The van der Waals surface area contributed by atoms with Crippen molar-refractivity contribution in [1.29, 1.82) is 10.5 Å². The summed E-state index contributed by atoms with van der Waals surface area (Å²) in [6, 6.07) is 4.02. The number of anilines is 1. The summed E-state index contributed by atoms with van der Waals surface area (Å²) in [5, 5.41) is 24.4. The molecular formula is C19H15Cl2F5N6OS. The topological polar surface area (TPSA) is 121 Å². The Kier molecular flexibility index (Phi) is 4.79. The van der Waals surface area contributed by atoms with Crippen molar-refractivity contribution in [3.8, 4) is 17.8 Å². The molecule has 2 aliphatic rings. The highest BCUT2D eigenvalue weighted by Gasteiger charge is 2.65. The number of benzene rings is 1. The lowest BCUT2D eigenvalue weighted by molar-refractivity contribution is -0.120. The van der Waals surface area contributed by atoms with Crippen molar-refractivity contribution in [2.24, 2.45) is 11.1 Å². The number of rotatable bonds is 7. The second-order valence-corrected chi connectivity index (χ2v) is 11.7. The van der Waals surface area contributed by atoms with Crippen molar-refractivity contribution in [1.82, 2.24) is 9.78 Å². The molecule has 34 heavy (non-hydrogen) atoms. The number of carbonyl (C=O) groups excluding carboxylic acids is 1. The third-order valence-electron chi connectivity index (χ3n) is 6.02. The van der Waals surface area contributed by atoms with Gasteiger partial charge in [-0.15, -0.1) is 0 Å². The lowest BCUT2D eigenvalue weighted by Gasteiger charge is -2.40. The largest absolute Gasteiger partial charge is 0.369 e. The molecule has 1 heterocycles. The molecule has 2 aliphatic carbocycles. The molecule has 0 aliphatic heterocycles. The van der Waals surface area contributed by atoms with Gasteiger partial charge in [-0.3, -0.25) is 4.79 Å². The van der Waals surface area contributed by atoms with E-state index in [-0.39, 0.29) is 48.6 Å². The van der Waals surface area contributed by atoms with Gasteiger partial charge in [-0.2, -0.15) is 15.6 Å². The standard InChI is InChI=1S/C19H15Cl2F5N6OS/c20-11-5-10(34(22,23,24,25)26)6-12(21)15(11)32-16(30-9-18(8-28)1-2-18)14(13(7-27)31-32)19(3-4-19)17(29)33/h5-6,30H,1-4,9H2,(H2,29,33). The fourth-order valence-corrected chi connectivity index (χ4v) is 5.18. The Hall–Kier alpha value is -2.74. The highest BCUT2D eigenvalue weighted by molar-refractivity contribution is 8.45. The first kappa shape index (κ1) is 24.4. The minimum Gasteiger partial charge on any atom is -0.369 e. The zero-order valence-electron chi connectivity index (χ0n) is 17.0. The second-order valence-electron chi connectivity index (χ2n) is 8.49. The molecule has 15 heteroatoms. The average Bonchev–Trinajstić information content (AvgIpc) is 3.62. The van der Waals surface area contributed by atoms with Gasteiger partial charge in [-0.25, -0.2) is 4.68 Å². The molecular weight excluding hydrogens is 526 g/mol. The van der Waals surface area contributed by atoms with Gasteiger partial charge in [0.15, 0.2) is 5.69 Å². The molecule has 3 N–H and O–H groups in total. The predicted octanol–water partition coefficient (Wildman–Crippen LogP) is 5.94. The quantitative estimate of drug-likeness (QED) is 0.421. The van der Waals surface area contributed by atoms with Gasteiger partial charge in [-0.1, -0.05) is 42.6 Å². The fraction of sp³-hybridized carbons (Fsp3) is 0.368. The number of hydrogen-bond donors (Lipinski definition) is 2. The Labute approximate surface area is 199 Å². The molecule has 0 bridgehead atoms. The van der Waals surface area contributed by atoms with Crippen LogP contribution in [0.2, 0.25) is 10.0 Å². The van der Waals surface area contributed by atoms with Crippen LogP contribution in [-0.2, 0) is 10.2 Å². The molecule has 1 amide bonds. The Morgan fingerprint density at radius 3 is 2.09 bits per heavy atom. The monoisotopic (exact) mass is 540 g/mol. The molecule has 0 radical (unpaired) electrons. The maximum atomic E-state index is 13.3. The smallest absolute Gasteiger partial charge is 0.310 e. The van der Waals surface area contributed by atoms with E-state index in [0.717, 1.165) is 4.68 Å². The van der Waals surface area contributed by atoms with Crippen molar-refractivity contribution in [2.45, 2.75) is 36.0 Å². The van der Waals surface area contributed by atoms with Gasteiger partial charge < -0.3 is 11.1 Å². The summed E-state index contributed by atoms with van der Waals surface area (Å²) in [4.78, 5) is 9.93. The number of nitrogens with zero attached hydrogens (tertiary/aromatic N) is 4. The van der Waals surface area contributed by atoms with Crippen molar-refractivity contribution in [3.05, 3.63) is 33.4 Å². The first-order valence-electron chi connectivity index (χ1n) is 9.69. The van der Waals surface area contributed by atoms with Crippen LogP contribution in [0.1, 0.15) is 36.9 Å². The molecule has 7 nitrogen and oxygen atoms in total. The van der Waals surface area contributed by atoms with Gasteiger partial charge in [0.05, 0.1) is 26.9 Å². The van der Waals surface area contributed by atoms with Gasteiger partial charge in [0, 0.05) is 12.1 Å². The fourth-order valence-electron chi connectivity index (χ4n) is 3.72. The van der Waals surface area contributed by atoms with Crippen LogP contribution in [0.3, 0.4) is 0 Å². The molecule has 0 unspecified atom stereocenters. The summed E-state index contributed by atoms with van der Waals surface area (Å²) >= 11 is 12.0. The summed E-state index contributed by atoms with van der Waals surface area (Å²) in [6.07, 6.45) is 1.72. The maximum absolute atomic E-state index is 13.3. The first-order valence-corrected chi connectivity index (χ1v) is 12.4. The number of nitrogens with one attached hydrogen (secondary N) is 1. The normalized spacial score (nSPS) is 19.8. The number of nitrogens with two attached hydrogens (primary N) is 1. The average molecular weight is 541 g/mol. The molecule has 2 fully saturated rings. The summed E-state index contributed by atoms with van der Waals surface area (Å²) < 4.78 is 67.5. The number of nitriles is 2. The Morgan fingerprint density at radius 2 is 1.71 bits per heavy atom. The van der Waals surface area contributed by atoms with Crippen LogP contribution in [0.5, 0.6) is 0 Å². The highest BCUT2D eigenvalue weighted by atomic mass is 35.5. The molecule has 1 aromatic carbocycles. The Balaban J connectivity index is 1.94. The van der Waals surface area contributed by atoms with Crippen LogP contribution >= 0.6 is 33.4 Å². The van der Waals surface area contributed by atoms with E-state index in [1.807, 2.05) is 6.07 Å². The lowest BCUT2D eigenvalue weighted by Crippen LogP contribution is -2.30. The molecule has 0 spiro atoms.